The lowest BCUT2D eigenvalue weighted by molar-refractivity contribution is -0.124. The topological polar surface area (TPSA) is 97.2 Å². The highest BCUT2D eigenvalue weighted by Crippen LogP contribution is 2.20. The molecule has 0 radical (unpaired) electrons. The Bertz CT molecular complexity index is 905. The van der Waals surface area contributed by atoms with E-state index >= 15 is 0 Å². The third-order valence-corrected chi connectivity index (χ3v) is 5.72. The summed E-state index contributed by atoms with van der Waals surface area (Å²) >= 11 is 0. The molecule has 26 heavy (non-hydrogen) atoms. The van der Waals surface area contributed by atoms with Gasteiger partial charge in [-0.2, -0.15) is 9.40 Å². The molecule has 1 saturated heterocycles. The summed E-state index contributed by atoms with van der Waals surface area (Å²) in [5, 5.41) is 7.20. The summed E-state index contributed by atoms with van der Waals surface area (Å²) in [5.74, 6) is 0.445. The standard InChI is InChI=1S/C17H23N5O3S/c1-12-9-13(2)22(20-12)16-7-6-14(10-18-16)11-19-17(23)15-5-4-8-21(15)26(3,24)25/h6-7,9-10,15H,4-5,8,11H2,1-3H3,(H,19,23). The Morgan fingerprint density at radius 3 is 2.69 bits per heavy atom. The molecule has 1 aliphatic rings. The van der Waals surface area contributed by atoms with E-state index in [4.69, 9.17) is 0 Å². The molecule has 2 aromatic heterocycles. The lowest BCUT2D eigenvalue weighted by atomic mass is 10.2. The van der Waals surface area contributed by atoms with Gasteiger partial charge in [0.2, 0.25) is 15.9 Å². The zero-order valence-electron chi connectivity index (χ0n) is 15.1. The van der Waals surface area contributed by atoms with Gasteiger partial charge in [-0.25, -0.2) is 18.1 Å². The first-order chi connectivity index (χ1) is 12.3. The molecule has 0 spiro atoms. The molecule has 0 aliphatic carbocycles. The van der Waals surface area contributed by atoms with Gasteiger partial charge >= 0.3 is 0 Å². The number of sulfonamides is 1. The van der Waals surface area contributed by atoms with E-state index in [1.54, 1.807) is 10.9 Å². The molecule has 1 atom stereocenters. The van der Waals surface area contributed by atoms with E-state index < -0.39 is 16.1 Å². The normalized spacial score (nSPS) is 18.2. The summed E-state index contributed by atoms with van der Waals surface area (Å²) in [6.45, 7) is 4.59. The van der Waals surface area contributed by atoms with E-state index in [2.05, 4.69) is 15.4 Å². The lowest BCUT2D eigenvalue weighted by Gasteiger charge is -2.21. The molecule has 1 N–H and O–H groups in total. The van der Waals surface area contributed by atoms with Crippen molar-refractivity contribution in [2.45, 2.75) is 39.3 Å². The van der Waals surface area contributed by atoms with Crippen molar-refractivity contribution >= 4 is 15.9 Å². The quantitative estimate of drug-likeness (QED) is 0.836. The van der Waals surface area contributed by atoms with E-state index in [9.17, 15) is 13.2 Å². The van der Waals surface area contributed by atoms with Gasteiger partial charge in [-0.15, -0.1) is 0 Å². The molecule has 1 unspecified atom stereocenters. The second-order valence-electron chi connectivity index (χ2n) is 6.61. The number of hydrogen-bond acceptors (Lipinski definition) is 5. The van der Waals surface area contributed by atoms with Crippen LogP contribution < -0.4 is 5.32 Å². The van der Waals surface area contributed by atoms with Gasteiger partial charge in [0.25, 0.3) is 0 Å². The van der Waals surface area contributed by atoms with Gasteiger partial charge < -0.3 is 5.32 Å². The molecule has 2 aromatic rings. The molecule has 1 fully saturated rings. The van der Waals surface area contributed by atoms with Gasteiger partial charge in [-0.3, -0.25) is 4.79 Å². The molecular formula is C17H23N5O3S. The summed E-state index contributed by atoms with van der Waals surface area (Å²) in [7, 11) is -3.37. The van der Waals surface area contributed by atoms with Crippen molar-refractivity contribution in [3.05, 3.63) is 41.3 Å². The predicted octanol–water partition coefficient (Wildman–Crippen LogP) is 0.924. The number of carbonyl (C=O) groups is 1. The Labute approximate surface area is 153 Å². The Balaban J connectivity index is 1.63. The van der Waals surface area contributed by atoms with Crippen molar-refractivity contribution < 1.29 is 13.2 Å². The fourth-order valence-electron chi connectivity index (χ4n) is 3.21. The van der Waals surface area contributed by atoms with Crippen LogP contribution in [0.15, 0.2) is 24.4 Å². The van der Waals surface area contributed by atoms with Crippen LogP contribution in [0.5, 0.6) is 0 Å². The maximum absolute atomic E-state index is 12.4. The number of aryl methyl sites for hydroxylation is 2. The number of nitrogens with one attached hydrogen (secondary N) is 1. The summed E-state index contributed by atoms with van der Waals surface area (Å²) in [6.07, 6.45) is 4.08. The van der Waals surface area contributed by atoms with Gasteiger partial charge in [-0.05, 0) is 44.4 Å². The minimum absolute atomic E-state index is 0.268. The Kier molecular flexibility index (Phi) is 5.10. The molecule has 9 heteroatoms. The van der Waals surface area contributed by atoms with Crippen molar-refractivity contribution in [2.75, 3.05) is 12.8 Å². The minimum Gasteiger partial charge on any atom is -0.351 e. The number of rotatable bonds is 5. The van der Waals surface area contributed by atoms with Crippen molar-refractivity contribution in [1.29, 1.82) is 0 Å². The minimum atomic E-state index is -3.37. The van der Waals surface area contributed by atoms with E-state index in [1.165, 1.54) is 4.31 Å². The highest BCUT2D eigenvalue weighted by Gasteiger charge is 2.36. The van der Waals surface area contributed by atoms with Crippen molar-refractivity contribution in [2.24, 2.45) is 0 Å². The van der Waals surface area contributed by atoms with Crippen molar-refractivity contribution in [1.82, 2.24) is 24.4 Å². The molecular weight excluding hydrogens is 354 g/mol. The number of carbonyl (C=O) groups excluding carboxylic acids is 1. The van der Waals surface area contributed by atoms with E-state index in [0.29, 0.717) is 31.7 Å². The molecule has 8 nitrogen and oxygen atoms in total. The summed E-state index contributed by atoms with van der Waals surface area (Å²) in [6, 6.07) is 5.08. The number of aromatic nitrogens is 3. The number of pyridine rings is 1. The Morgan fingerprint density at radius 1 is 1.35 bits per heavy atom. The van der Waals surface area contributed by atoms with Gasteiger partial charge in [0, 0.05) is 25.0 Å². The molecule has 3 rings (SSSR count). The van der Waals surface area contributed by atoms with Gasteiger partial charge in [-0.1, -0.05) is 6.07 Å². The highest BCUT2D eigenvalue weighted by molar-refractivity contribution is 7.88. The average molecular weight is 377 g/mol. The molecule has 0 saturated carbocycles. The van der Waals surface area contributed by atoms with E-state index in [-0.39, 0.29) is 5.91 Å². The zero-order valence-corrected chi connectivity index (χ0v) is 16.0. The molecule has 1 amide bonds. The Morgan fingerprint density at radius 2 is 2.12 bits per heavy atom. The summed E-state index contributed by atoms with van der Waals surface area (Å²) in [4.78, 5) is 16.8. The van der Waals surface area contributed by atoms with Crippen LogP contribution in [0, 0.1) is 13.8 Å². The third-order valence-electron chi connectivity index (χ3n) is 4.43. The van der Waals surface area contributed by atoms with Gasteiger partial charge in [0.1, 0.15) is 6.04 Å². The lowest BCUT2D eigenvalue weighted by Crippen LogP contribution is -2.45. The fraction of sp³-hybridized carbons (Fsp3) is 0.471. The summed E-state index contributed by atoms with van der Waals surface area (Å²) < 4.78 is 26.5. The molecule has 3 heterocycles. The molecule has 0 aromatic carbocycles. The van der Waals surface area contributed by atoms with Crippen LogP contribution in [0.25, 0.3) is 5.82 Å². The first-order valence-electron chi connectivity index (χ1n) is 8.49. The van der Waals surface area contributed by atoms with Crippen LogP contribution in [-0.4, -0.2) is 52.2 Å². The SMILES string of the molecule is Cc1cc(C)n(-c2ccc(CNC(=O)C3CCCN3S(C)(=O)=O)cn2)n1. The predicted molar refractivity (Wildman–Crippen MR) is 97.3 cm³/mol. The first kappa shape index (κ1) is 18.5. The van der Waals surface area contributed by atoms with Crippen LogP contribution >= 0.6 is 0 Å². The second kappa shape index (κ2) is 7.16. The number of hydrogen-bond donors (Lipinski definition) is 1. The third kappa shape index (κ3) is 3.94. The van der Waals surface area contributed by atoms with E-state index in [0.717, 1.165) is 23.2 Å². The maximum atomic E-state index is 12.4. The molecule has 0 bridgehead atoms. The van der Waals surface area contributed by atoms with E-state index in [1.807, 2.05) is 32.0 Å². The van der Waals surface area contributed by atoms with Crippen molar-refractivity contribution in [3.8, 4) is 5.82 Å². The van der Waals surface area contributed by atoms with Gasteiger partial charge in [0.05, 0.1) is 11.9 Å². The van der Waals surface area contributed by atoms with Crippen LogP contribution in [0.4, 0.5) is 0 Å². The first-order valence-corrected chi connectivity index (χ1v) is 10.3. The number of amides is 1. The van der Waals surface area contributed by atoms with Crippen LogP contribution in [0.2, 0.25) is 0 Å². The summed E-state index contributed by atoms with van der Waals surface area (Å²) in [5.41, 5.74) is 2.76. The number of nitrogens with zero attached hydrogens (tertiary/aromatic N) is 4. The maximum Gasteiger partial charge on any atom is 0.238 e. The van der Waals surface area contributed by atoms with Crippen LogP contribution in [0.1, 0.15) is 29.8 Å². The largest absolute Gasteiger partial charge is 0.351 e. The Hall–Kier alpha value is -2.26. The van der Waals surface area contributed by atoms with Gasteiger partial charge in [0.15, 0.2) is 5.82 Å². The fourth-order valence-corrected chi connectivity index (χ4v) is 4.34. The monoisotopic (exact) mass is 377 g/mol. The average Bonchev–Trinajstić information content (AvgIpc) is 3.19. The molecule has 140 valence electrons. The van der Waals surface area contributed by atoms with Crippen molar-refractivity contribution in [3.63, 3.8) is 0 Å². The zero-order chi connectivity index (χ0) is 18.9. The van der Waals surface area contributed by atoms with Crippen LogP contribution in [0.3, 0.4) is 0 Å². The molecule has 1 aliphatic heterocycles. The van der Waals surface area contributed by atoms with Crippen LogP contribution in [-0.2, 0) is 21.4 Å². The highest BCUT2D eigenvalue weighted by atomic mass is 32.2. The smallest absolute Gasteiger partial charge is 0.238 e. The second-order valence-corrected chi connectivity index (χ2v) is 8.55.